The number of sulfonamides is 1. The van der Waals surface area contributed by atoms with Crippen molar-refractivity contribution in [3.8, 4) is 0 Å². The lowest BCUT2D eigenvalue weighted by molar-refractivity contribution is -0.114. The van der Waals surface area contributed by atoms with E-state index in [1.807, 2.05) is 0 Å². The van der Waals surface area contributed by atoms with Gasteiger partial charge in [0.25, 0.3) is 10.0 Å². The van der Waals surface area contributed by atoms with Crippen LogP contribution in [0.5, 0.6) is 0 Å². The molecule has 0 spiro atoms. The first-order valence-electron chi connectivity index (χ1n) is 8.84. The van der Waals surface area contributed by atoms with E-state index in [9.17, 15) is 30.0 Å². The monoisotopic (exact) mass is 472 g/mol. The Morgan fingerprint density at radius 3 is 2.13 bits per heavy atom. The van der Waals surface area contributed by atoms with Crippen molar-refractivity contribution < 1.29 is 30.0 Å². The highest BCUT2D eigenvalue weighted by Gasteiger charge is 2.38. The Morgan fingerprint density at radius 2 is 1.57 bits per heavy atom. The summed E-state index contributed by atoms with van der Waals surface area (Å²) >= 11 is 0. The van der Waals surface area contributed by atoms with Gasteiger partial charge in [-0.05, 0) is 48.9 Å². The summed E-state index contributed by atoms with van der Waals surface area (Å²) in [6, 6.07) is 10.7. The Hall–Kier alpha value is -2.44. The van der Waals surface area contributed by atoms with E-state index in [4.69, 9.17) is 0 Å². The first-order valence-corrected chi connectivity index (χ1v) is 13.7. The standard InChI is InChI=1S/C18H20N2O7S3/c1-13(21)19-14-5-7-15(8-6-14)20-30(26,27)17-4-2-3-16(11-17)29(24,25)18-9-10-28(22,23)12-18/h2-8,11,18,20H,9-10,12H2,1H3,(H,19,21)/t18-/m1/s1. The zero-order valence-corrected chi connectivity index (χ0v) is 18.3. The Bertz CT molecular complexity index is 1280. The summed E-state index contributed by atoms with van der Waals surface area (Å²) in [6.45, 7) is 1.35. The molecule has 3 rings (SSSR count). The molecule has 30 heavy (non-hydrogen) atoms. The molecule has 0 aliphatic carbocycles. The zero-order chi connectivity index (χ0) is 22.2. The molecule has 0 radical (unpaired) electrons. The van der Waals surface area contributed by atoms with Crippen LogP contribution in [0.2, 0.25) is 0 Å². The lowest BCUT2D eigenvalue weighted by atomic mass is 10.3. The van der Waals surface area contributed by atoms with E-state index in [1.165, 1.54) is 49.4 Å². The average Bonchev–Trinajstić information content (AvgIpc) is 3.03. The first kappa shape index (κ1) is 22.2. The molecule has 9 nitrogen and oxygen atoms in total. The van der Waals surface area contributed by atoms with Crippen LogP contribution in [0.4, 0.5) is 11.4 Å². The summed E-state index contributed by atoms with van der Waals surface area (Å²) < 4.78 is 76.6. The van der Waals surface area contributed by atoms with Crippen LogP contribution in [-0.2, 0) is 34.5 Å². The minimum Gasteiger partial charge on any atom is -0.326 e. The summed E-state index contributed by atoms with van der Waals surface area (Å²) in [7, 11) is -11.5. The van der Waals surface area contributed by atoms with Gasteiger partial charge in [0, 0.05) is 18.3 Å². The maximum Gasteiger partial charge on any atom is 0.261 e. The molecule has 162 valence electrons. The quantitative estimate of drug-likeness (QED) is 0.647. The van der Waals surface area contributed by atoms with Crippen molar-refractivity contribution in [3.63, 3.8) is 0 Å². The molecule has 1 aliphatic rings. The number of benzene rings is 2. The van der Waals surface area contributed by atoms with Crippen molar-refractivity contribution in [1.29, 1.82) is 0 Å². The number of amides is 1. The van der Waals surface area contributed by atoms with Gasteiger partial charge in [-0.1, -0.05) is 6.07 Å². The van der Waals surface area contributed by atoms with Gasteiger partial charge in [-0.15, -0.1) is 0 Å². The van der Waals surface area contributed by atoms with E-state index >= 15 is 0 Å². The van der Waals surface area contributed by atoms with Gasteiger partial charge in [-0.3, -0.25) is 9.52 Å². The second kappa shape index (κ2) is 8.00. The number of anilines is 2. The predicted molar refractivity (Wildman–Crippen MR) is 112 cm³/mol. The Kier molecular flexibility index (Phi) is 5.94. The molecule has 1 saturated heterocycles. The number of carbonyl (C=O) groups excluding carboxylic acids is 1. The lowest BCUT2D eigenvalue weighted by Crippen LogP contribution is -2.23. The highest BCUT2D eigenvalue weighted by atomic mass is 32.2. The van der Waals surface area contributed by atoms with E-state index in [2.05, 4.69) is 10.0 Å². The molecule has 1 heterocycles. The normalized spacial score (nSPS) is 18.6. The van der Waals surface area contributed by atoms with Crippen LogP contribution in [0.1, 0.15) is 13.3 Å². The van der Waals surface area contributed by atoms with E-state index in [0.29, 0.717) is 5.69 Å². The third-order valence-electron chi connectivity index (χ3n) is 4.53. The van der Waals surface area contributed by atoms with Crippen molar-refractivity contribution in [2.24, 2.45) is 0 Å². The molecule has 1 amide bonds. The molecule has 1 fully saturated rings. The SMILES string of the molecule is CC(=O)Nc1ccc(NS(=O)(=O)c2cccc(S(=O)(=O)[C@@H]3CCS(=O)(=O)C3)c2)cc1. The summed E-state index contributed by atoms with van der Waals surface area (Å²) in [4.78, 5) is 10.5. The van der Waals surface area contributed by atoms with Crippen molar-refractivity contribution in [3.05, 3.63) is 48.5 Å². The minimum absolute atomic E-state index is 0.0134. The molecule has 0 bridgehead atoms. The van der Waals surface area contributed by atoms with Gasteiger partial charge in [0.2, 0.25) is 5.91 Å². The maximum atomic E-state index is 12.8. The van der Waals surface area contributed by atoms with Crippen LogP contribution in [0.25, 0.3) is 0 Å². The minimum atomic E-state index is -4.10. The van der Waals surface area contributed by atoms with E-state index in [1.54, 1.807) is 0 Å². The second-order valence-corrected chi connectivity index (χ2v) is 13.0. The summed E-state index contributed by atoms with van der Waals surface area (Å²) in [5.74, 6) is -0.938. The second-order valence-electron chi connectivity index (χ2n) is 6.91. The topological polar surface area (TPSA) is 144 Å². The van der Waals surface area contributed by atoms with Gasteiger partial charge >= 0.3 is 0 Å². The van der Waals surface area contributed by atoms with Crippen LogP contribution < -0.4 is 10.0 Å². The van der Waals surface area contributed by atoms with E-state index in [-0.39, 0.29) is 33.6 Å². The fraction of sp³-hybridized carbons (Fsp3) is 0.278. The van der Waals surface area contributed by atoms with Gasteiger partial charge in [0.15, 0.2) is 19.7 Å². The predicted octanol–water partition coefficient (Wildman–Crippen LogP) is 1.41. The number of hydrogen-bond donors (Lipinski definition) is 2. The first-order chi connectivity index (χ1) is 13.9. The molecule has 1 aliphatic heterocycles. The number of rotatable bonds is 6. The maximum absolute atomic E-state index is 12.8. The fourth-order valence-electron chi connectivity index (χ4n) is 3.06. The highest BCUT2D eigenvalue weighted by Crippen LogP contribution is 2.27. The molecular weight excluding hydrogens is 452 g/mol. The molecule has 2 aromatic rings. The zero-order valence-electron chi connectivity index (χ0n) is 15.9. The van der Waals surface area contributed by atoms with Crippen molar-refractivity contribution in [2.75, 3.05) is 21.5 Å². The Labute approximate surface area is 175 Å². The van der Waals surface area contributed by atoms with Crippen molar-refractivity contribution >= 4 is 47.0 Å². The van der Waals surface area contributed by atoms with Crippen LogP contribution in [0, 0.1) is 0 Å². The van der Waals surface area contributed by atoms with Crippen LogP contribution in [0.3, 0.4) is 0 Å². The van der Waals surface area contributed by atoms with Crippen molar-refractivity contribution in [1.82, 2.24) is 0 Å². The van der Waals surface area contributed by atoms with Gasteiger partial charge < -0.3 is 5.32 Å². The third kappa shape index (κ3) is 4.99. The third-order valence-corrected chi connectivity index (χ3v) is 10.1. The Balaban J connectivity index is 1.85. The van der Waals surface area contributed by atoms with E-state index in [0.717, 1.165) is 6.07 Å². The largest absolute Gasteiger partial charge is 0.326 e. The number of hydrogen-bond acceptors (Lipinski definition) is 7. The molecule has 2 N–H and O–H groups in total. The molecule has 2 aromatic carbocycles. The summed E-state index contributed by atoms with van der Waals surface area (Å²) in [6.07, 6.45) is -0.0134. The van der Waals surface area contributed by atoms with Gasteiger partial charge in [0.1, 0.15) is 0 Å². The summed E-state index contributed by atoms with van der Waals surface area (Å²) in [5, 5.41) is 1.47. The van der Waals surface area contributed by atoms with Crippen LogP contribution in [-0.4, -0.2) is 47.9 Å². The fourth-order valence-corrected chi connectivity index (χ4v) is 8.64. The number of nitrogens with one attached hydrogen (secondary N) is 2. The smallest absolute Gasteiger partial charge is 0.261 e. The molecule has 0 saturated carbocycles. The average molecular weight is 473 g/mol. The van der Waals surface area contributed by atoms with Gasteiger partial charge in [0.05, 0.1) is 26.5 Å². The van der Waals surface area contributed by atoms with Crippen LogP contribution >= 0.6 is 0 Å². The highest BCUT2D eigenvalue weighted by molar-refractivity contribution is 7.96. The van der Waals surface area contributed by atoms with E-state index < -0.39 is 40.7 Å². The van der Waals surface area contributed by atoms with Crippen LogP contribution in [0.15, 0.2) is 58.3 Å². The van der Waals surface area contributed by atoms with Gasteiger partial charge in [-0.25, -0.2) is 25.3 Å². The van der Waals surface area contributed by atoms with Gasteiger partial charge in [-0.2, -0.15) is 0 Å². The molecule has 1 atom stereocenters. The molecule has 0 unspecified atom stereocenters. The lowest BCUT2D eigenvalue weighted by Gasteiger charge is -2.13. The summed E-state index contributed by atoms with van der Waals surface area (Å²) in [5.41, 5.74) is 0.712. The molecular formula is C18H20N2O7S3. The molecule has 0 aromatic heterocycles. The van der Waals surface area contributed by atoms with Crippen molar-refractivity contribution in [2.45, 2.75) is 28.4 Å². The molecule has 12 heteroatoms. The number of carbonyl (C=O) groups is 1. The Morgan fingerprint density at radius 1 is 0.967 bits per heavy atom. The number of sulfone groups is 2.